The molecule has 0 amide bonds. The zero-order valence-corrected chi connectivity index (χ0v) is 11.4. The number of para-hydroxylation sites is 1. The first kappa shape index (κ1) is 12.2. The van der Waals surface area contributed by atoms with Crippen LogP contribution in [0.5, 0.6) is 5.75 Å². The van der Waals surface area contributed by atoms with Gasteiger partial charge in [-0.25, -0.2) is 4.98 Å². The summed E-state index contributed by atoms with van der Waals surface area (Å²) >= 11 is 3.46. The fourth-order valence-electron chi connectivity index (χ4n) is 1.62. The van der Waals surface area contributed by atoms with Crippen molar-refractivity contribution < 1.29 is 4.74 Å². The van der Waals surface area contributed by atoms with E-state index in [1.54, 1.807) is 0 Å². The average molecular weight is 295 g/mol. The van der Waals surface area contributed by atoms with Crippen molar-refractivity contribution in [2.75, 3.05) is 0 Å². The zero-order chi connectivity index (χ0) is 12.1. The Hall–Kier alpha value is -1.29. The highest BCUT2D eigenvalue weighted by Crippen LogP contribution is 2.24. The van der Waals surface area contributed by atoms with Crippen molar-refractivity contribution in [2.24, 2.45) is 0 Å². The van der Waals surface area contributed by atoms with Gasteiger partial charge < -0.3 is 9.30 Å². The van der Waals surface area contributed by atoms with Crippen molar-refractivity contribution in [1.82, 2.24) is 9.55 Å². The van der Waals surface area contributed by atoms with Crippen molar-refractivity contribution in [3.63, 3.8) is 0 Å². The molecule has 0 aliphatic rings. The van der Waals surface area contributed by atoms with Crippen molar-refractivity contribution in [2.45, 2.75) is 26.5 Å². The van der Waals surface area contributed by atoms with E-state index in [2.05, 4.69) is 32.4 Å². The van der Waals surface area contributed by atoms with Crippen molar-refractivity contribution in [1.29, 1.82) is 0 Å². The molecule has 0 aliphatic carbocycles. The lowest BCUT2D eigenvalue weighted by Gasteiger charge is -2.09. The van der Waals surface area contributed by atoms with Gasteiger partial charge in [0.25, 0.3) is 0 Å². The largest absolute Gasteiger partial charge is 0.486 e. The normalized spacial score (nSPS) is 10.5. The molecule has 90 valence electrons. The molecule has 0 bridgehead atoms. The molecular weight excluding hydrogens is 280 g/mol. The fourth-order valence-corrected chi connectivity index (χ4v) is 2.02. The Labute approximate surface area is 110 Å². The molecular formula is C13H15BrN2O. The smallest absolute Gasteiger partial charge is 0.134 e. The first-order valence-corrected chi connectivity index (χ1v) is 6.47. The van der Waals surface area contributed by atoms with Gasteiger partial charge in [-0.2, -0.15) is 0 Å². The van der Waals surface area contributed by atoms with Gasteiger partial charge >= 0.3 is 0 Å². The number of hydrogen-bond donors (Lipinski definition) is 0. The van der Waals surface area contributed by atoms with E-state index in [4.69, 9.17) is 4.74 Å². The third-order valence-corrected chi connectivity index (χ3v) is 3.13. The fraction of sp³-hybridized carbons (Fsp3) is 0.308. The van der Waals surface area contributed by atoms with E-state index in [1.165, 1.54) is 0 Å². The van der Waals surface area contributed by atoms with Gasteiger partial charge in [0, 0.05) is 6.54 Å². The second-order valence-corrected chi connectivity index (χ2v) is 4.65. The zero-order valence-electron chi connectivity index (χ0n) is 9.77. The minimum atomic E-state index is 0.544. The highest BCUT2D eigenvalue weighted by molar-refractivity contribution is 9.10. The maximum atomic E-state index is 5.76. The highest BCUT2D eigenvalue weighted by Gasteiger charge is 2.04. The Kier molecular flexibility index (Phi) is 4.20. The number of rotatable bonds is 5. The highest BCUT2D eigenvalue weighted by atomic mass is 79.9. The van der Waals surface area contributed by atoms with Gasteiger partial charge in [-0.15, -0.1) is 0 Å². The Morgan fingerprint density at radius 1 is 1.35 bits per heavy atom. The molecule has 2 aromatic rings. The summed E-state index contributed by atoms with van der Waals surface area (Å²) in [6.07, 6.45) is 4.80. The lowest BCUT2D eigenvalue weighted by atomic mass is 10.3. The summed E-state index contributed by atoms with van der Waals surface area (Å²) < 4.78 is 8.86. The SMILES string of the molecule is CCCn1cncc1COc1ccccc1Br. The first-order valence-electron chi connectivity index (χ1n) is 5.67. The van der Waals surface area contributed by atoms with Gasteiger partial charge in [0.15, 0.2) is 0 Å². The topological polar surface area (TPSA) is 27.1 Å². The molecule has 0 atom stereocenters. The lowest BCUT2D eigenvalue weighted by molar-refractivity contribution is 0.293. The molecule has 0 fully saturated rings. The summed E-state index contributed by atoms with van der Waals surface area (Å²) in [7, 11) is 0. The van der Waals surface area contributed by atoms with Crippen LogP contribution < -0.4 is 4.74 Å². The molecule has 3 nitrogen and oxygen atoms in total. The summed E-state index contributed by atoms with van der Waals surface area (Å²) in [6, 6.07) is 7.85. The molecule has 0 saturated carbocycles. The number of nitrogens with zero attached hydrogens (tertiary/aromatic N) is 2. The van der Waals surface area contributed by atoms with E-state index in [-0.39, 0.29) is 0 Å². The molecule has 4 heteroatoms. The second kappa shape index (κ2) is 5.87. The molecule has 17 heavy (non-hydrogen) atoms. The summed E-state index contributed by atoms with van der Waals surface area (Å²) in [5.74, 6) is 0.858. The van der Waals surface area contributed by atoms with Crippen LogP contribution in [-0.2, 0) is 13.2 Å². The standard InChI is InChI=1S/C13H15BrN2O/c1-2-7-16-10-15-8-11(16)9-17-13-6-4-3-5-12(13)14/h3-6,8,10H,2,7,9H2,1H3. The molecule has 0 unspecified atom stereocenters. The molecule has 0 radical (unpaired) electrons. The molecule has 1 aromatic carbocycles. The van der Waals surface area contributed by atoms with Gasteiger partial charge in [-0.1, -0.05) is 19.1 Å². The minimum Gasteiger partial charge on any atom is -0.486 e. The van der Waals surface area contributed by atoms with Gasteiger partial charge in [0.1, 0.15) is 12.4 Å². The van der Waals surface area contributed by atoms with Crippen LogP contribution in [0.25, 0.3) is 0 Å². The molecule has 0 N–H and O–H groups in total. The van der Waals surface area contributed by atoms with Crippen LogP contribution in [0.2, 0.25) is 0 Å². The quantitative estimate of drug-likeness (QED) is 0.842. The van der Waals surface area contributed by atoms with Crippen molar-refractivity contribution in [3.8, 4) is 5.75 Å². The van der Waals surface area contributed by atoms with Crippen LogP contribution in [0.15, 0.2) is 41.3 Å². The maximum Gasteiger partial charge on any atom is 0.134 e. The Balaban J connectivity index is 2.02. The number of benzene rings is 1. The van der Waals surface area contributed by atoms with E-state index in [0.29, 0.717) is 6.61 Å². The molecule has 2 rings (SSSR count). The maximum absolute atomic E-state index is 5.76. The van der Waals surface area contributed by atoms with Crippen molar-refractivity contribution >= 4 is 15.9 Å². The van der Waals surface area contributed by atoms with E-state index in [1.807, 2.05) is 36.8 Å². The third-order valence-electron chi connectivity index (χ3n) is 2.48. The third kappa shape index (κ3) is 3.09. The Bertz CT molecular complexity index is 482. The average Bonchev–Trinajstić information content (AvgIpc) is 2.76. The Morgan fingerprint density at radius 2 is 2.18 bits per heavy atom. The Morgan fingerprint density at radius 3 is 2.94 bits per heavy atom. The van der Waals surface area contributed by atoms with Gasteiger partial charge in [-0.05, 0) is 34.5 Å². The summed E-state index contributed by atoms with van der Waals surface area (Å²) in [5, 5.41) is 0. The molecule has 0 spiro atoms. The predicted octanol–water partition coefficient (Wildman–Crippen LogP) is 3.63. The summed E-state index contributed by atoms with van der Waals surface area (Å²) in [5.41, 5.74) is 1.10. The van der Waals surface area contributed by atoms with Crippen molar-refractivity contribution in [3.05, 3.63) is 47.0 Å². The minimum absolute atomic E-state index is 0.544. The first-order chi connectivity index (χ1) is 8.31. The molecule has 1 heterocycles. The lowest BCUT2D eigenvalue weighted by Crippen LogP contribution is -2.05. The van der Waals surface area contributed by atoms with E-state index < -0.39 is 0 Å². The monoisotopic (exact) mass is 294 g/mol. The molecule has 0 aliphatic heterocycles. The van der Waals surface area contributed by atoms with Gasteiger partial charge in [0.05, 0.1) is 22.7 Å². The van der Waals surface area contributed by atoms with Crippen LogP contribution >= 0.6 is 15.9 Å². The van der Waals surface area contributed by atoms with E-state index >= 15 is 0 Å². The van der Waals surface area contributed by atoms with Crippen LogP contribution in [0.1, 0.15) is 19.0 Å². The van der Waals surface area contributed by atoms with E-state index in [9.17, 15) is 0 Å². The molecule has 1 aromatic heterocycles. The number of imidazole rings is 1. The second-order valence-electron chi connectivity index (χ2n) is 3.80. The van der Waals surface area contributed by atoms with Crippen LogP contribution in [0.4, 0.5) is 0 Å². The predicted molar refractivity (Wildman–Crippen MR) is 71.0 cm³/mol. The van der Waals surface area contributed by atoms with Crippen LogP contribution in [0.3, 0.4) is 0 Å². The number of aromatic nitrogens is 2. The number of aryl methyl sites for hydroxylation is 1. The number of ether oxygens (including phenoxy) is 1. The van der Waals surface area contributed by atoms with Gasteiger partial charge in [0.2, 0.25) is 0 Å². The van der Waals surface area contributed by atoms with Crippen LogP contribution in [0, 0.1) is 0 Å². The number of hydrogen-bond acceptors (Lipinski definition) is 2. The summed E-state index contributed by atoms with van der Waals surface area (Å²) in [4.78, 5) is 4.15. The molecule has 0 saturated heterocycles. The van der Waals surface area contributed by atoms with E-state index in [0.717, 1.165) is 28.9 Å². The van der Waals surface area contributed by atoms with Gasteiger partial charge in [-0.3, -0.25) is 0 Å². The number of halogens is 1. The van der Waals surface area contributed by atoms with Crippen LogP contribution in [-0.4, -0.2) is 9.55 Å². The summed E-state index contributed by atoms with van der Waals surface area (Å²) in [6.45, 7) is 3.68.